The molecule has 110 valence electrons. The number of hydrogen-bond acceptors (Lipinski definition) is 5. The van der Waals surface area contributed by atoms with Crippen LogP contribution in [0.25, 0.3) is 0 Å². The molecule has 0 saturated heterocycles. The zero-order valence-electron chi connectivity index (χ0n) is 11.2. The largest absolute Gasteiger partial charge is 0.550 e. The number of ether oxygens (including phenoxy) is 1. The van der Waals surface area contributed by atoms with Crippen LogP contribution in [-0.4, -0.2) is 12.1 Å². The van der Waals surface area contributed by atoms with Crippen molar-refractivity contribution in [3.63, 3.8) is 0 Å². The van der Waals surface area contributed by atoms with Gasteiger partial charge in [0.15, 0.2) is 0 Å². The van der Waals surface area contributed by atoms with Crippen molar-refractivity contribution in [3.8, 4) is 0 Å². The number of nitrogens with one attached hydrogen (secondary N) is 1. The first-order chi connectivity index (χ1) is 10.1. The molecular weight excluding hydrogens is 290 g/mol. The number of carboxylic acid groups (broad SMARTS) is 1. The van der Waals surface area contributed by atoms with Gasteiger partial charge < -0.3 is 20.0 Å². The van der Waals surface area contributed by atoms with E-state index in [-0.39, 0.29) is 13.0 Å². The minimum Gasteiger partial charge on any atom is -0.550 e. The van der Waals surface area contributed by atoms with Crippen LogP contribution in [0.2, 0.25) is 0 Å². The Balaban J connectivity index is 1.90. The van der Waals surface area contributed by atoms with Crippen molar-refractivity contribution in [1.29, 1.82) is 0 Å². The zero-order chi connectivity index (χ0) is 15.1. The van der Waals surface area contributed by atoms with Crippen molar-refractivity contribution in [2.24, 2.45) is 0 Å². The monoisotopic (exact) mass is 304 g/mol. The fourth-order valence-electron chi connectivity index (χ4n) is 1.79. The highest BCUT2D eigenvalue weighted by Crippen LogP contribution is 2.21. The normalized spacial score (nSPS) is 11.6. The van der Waals surface area contributed by atoms with Crippen LogP contribution < -0.4 is 10.4 Å². The van der Waals surface area contributed by atoms with Gasteiger partial charge in [-0.25, -0.2) is 4.79 Å². The molecule has 0 aliphatic heterocycles. The second-order valence-electron chi connectivity index (χ2n) is 4.35. The summed E-state index contributed by atoms with van der Waals surface area (Å²) in [4.78, 5) is 23.3. The van der Waals surface area contributed by atoms with E-state index in [9.17, 15) is 14.7 Å². The molecule has 2 aromatic rings. The topological polar surface area (TPSA) is 78.5 Å². The Morgan fingerprint density at radius 2 is 1.95 bits per heavy atom. The van der Waals surface area contributed by atoms with Gasteiger partial charge >= 0.3 is 6.09 Å². The summed E-state index contributed by atoms with van der Waals surface area (Å²) in [6, 6.07) is 12.2. The Labute approximate surface area is 126 Å². The molecule has 1 aromatic heterocycles. The van der Waals surface area contributed by atoms with Gasteiger partial charge in [0.05, 0.1) is 6.04 Å². The van der Waals surface area contributed by atoms with Gasteiger partial charge in [-0.3, -0.25) is 0 Å². The maximum atomic E-state index is 11.8. The molecule has 1 aromatic carbocycles. The minimum absolute atomic E-state index is 0.134. The van der Waals surface area contributed by atoms with Crippen LogP contribution in [0.5, 0.6) is 0 Å². The lowest BCUT2D eigenvalue weighted by molar-refractivity contribution is -0.306. The highest BCUT2D eigenvalue weighted by atomic mass is 32.1. The van der Waals surface area contributed by atoms with E-state index >= 15 is 0 Å². The Morgan fingerprint density at radius 1 is 1.19 bits per heavy atom. The van der Waals surface area contributed by atoms with Crippen molar-refractivity contribution >= 4 is 23.4 Å². The molecule has 0 radical (unpaired) electrons. The molecule has 6 heteroatoms. The molecule has 0 saturated carbocycles. The molecule has 1 atom stereocenters. The molecule has 5 nitrogen and oxygen atoms in total. The van der Waals surface area contributed by atoms with Crippen molar-refractivity contribution in [2.45, 2.75) is 19.1 Å². The molecule has 0 aliphatic rings. The predicted octanol–water partition coefficient (Wildman–Crippen LogP) is 1.86. The number of aliphatic carboxylic acids is 1. The summed E-state index contributed by atoms with van der Waals surface area (Å²) >= 11 is 1.37. The van der Waals surface area contributed by atoms with Crippen LogP contribution in [0.15, 0.2) is 47.8 Å². The summed E-state index contributed by atoms with van der Waals surface area (Å²) in [5, 5.41) is 15.1. The quantitative estimate of drug-likeness (QED) is 0.883. The minimum atomic E-state index is -1.23. The van der Waals surface area contributed by atoms with Crippen molar-refractivity contribution in [3.05, 3.63) is 58.3 Å². The number of amides is 1. The van der Waals surface area contributed by atoms with Gasteiger partial charge in [0, 0.05) is 17.3 Å². The number of hydrogen-bond donors (Lipinski definition) is 1. The lowest BCUT2D eigenvalue weighted by Gasteiger charge is -2.17. The maximum absolute atomic E-state index is 11.8. The van der Waals surface area contributed by atoms with E-state index in [2.05, 4.69) is 5.32 Å². The number of rotatable bonds is 6. The van der Waals surface area contributed by atoms with Crippen LogP contribution in [0, 0.1) is 0 Å². The van der Waals surface area contributed by atoms with Gasteiger partial charge in [0.1, 0.15) is 6.61 Å². The first kappa shape index (κ1) is 15.1. The SMILES string of the molecule is O=C([O-])C[C@H](NC(=O)OCc1ccccc1)c1cccs1. The predicted molar refractivity (Wildman–Crippen MR) is 76.4 cm³/mol. The van der Waals surface area contributed by atoms with Crippen molar-refractivity contribution < 1.29 is 19.4 Å². The van der Waals surface area contributed by atoms with Crippen LogP contribution in [-0.2, 0) is 16.1 Å². The van der Waals surface area contributed by atoms with E-state index in [0.717, 1.165) is 10.4 Å². The highest BCUT2D eigenvalue weighted by Gasteiger charge is 2.16. The third-order valence-corrected chi connectivity index (χ3v) is 3.75. The van der Waals surface area contributed by atoms with E-state index in [1.54, 1.807) is 12.1 Å². The molecule has 2 rings (SSSR count). The van der Waals surface area contributed by atoms with Gasteiger partial charge in [0.2, 0.25) is 0 Å². The van der Waals surface area contributed by atoms with Crippen molar-refractivity contribution in [2.75, 3.05) is 0 Å². The average Bonchev–Trinajstić information content (AvgIpc) is 2.99. The van der Waals surface area contributed by atoms with E-state index in [0.29, 0.717) is 0 Å². The van der Waals surface area contributed by atoms with Crippen molar-refractivity contribution in [1.82, 2.24) is 5.32 Å². The first-order valence-electron chi connectivity index (χ1n) is 6.35. The summed E-state index contributed by atoms with van der Waals surface area (Å²) in [6.45, 7) is 0.134. The molecule has 0 fully saturated rings. The summed E-state index contributed by atoms with van der Waals surface area (Å²) < 4.78 is 5.08. The lowest BCUT2D eigenvalue weighted by Crippen LogP contribution is -2.34. The number of benzene rings is 1. The first-order valence-corrected chi connectivity index (χ1v) is 7.23. The third kappa shape index (κ3) is 4.92. The maximum Gasteiger partial charge on any atom is 0.407 e. The third-order valence-electron chi connectivity index (χ3n) is 2.76. The molecule has 1 heterocycles. The standard InChI is InChI=1S/C15H15NO4S/c17-14(18)9-12(13-7-4-8-21-13)16-15(19)20-10-11-5-2-1-3-6-11/h1-8,12H,9-10H2,(H,16,19)(H,17,18)/p-1/t12-/m0/s1. The van der Waals surface area contributed by atoms with Gasteiger partial charge in [0.25, 0.3) is 0 Å². The second kappa shape index (κ2) is 7.44. The van der Waals surface area contributed by atoms with Crippen LogP contribution in [0.3, 0.4) is 0 Å². The fourth-order valence-corrected chi connectivity index (χ4v) is 2.56. The number of thiophene rings is 1. The average molecular weight is 304 g/mol. The second-order valence-corrected chi connectivity index (χ2v) is 5.33. The molecule has 0 aliphatic carbocycles. The lowest BCUT2D eigenvalue weighted by atomic mass is 10.2. The highest BCUT2D eigenvalue weighted by molar-refractivity contribution is 7.10. The summed E-state index contributed by atoms with van der Waals surface area (Å²) in [5.74, 6) is -1.23. The Bertz CT molecular complexity index is 583. The van der Waals surface area contributed by atoms with Gasteiger partial charge in [-0.15, -0.1) is 11.3 Å². The summed E-state index contributed by atoms with van der Waals surface area (Å²) in [7, 11) is 0. The zero-order valence-corrected chi connectivity index (χ0v) is 12.0. The van der Waals surface area contributed by atoms with Gasteiger partial charge in [-0.2, -0.15) is 0 Å². The Morgan fingerprint density at radius 3 is 2.57 bits per heavy atom. The smallest absolute Gasteiger partial charge is 0.407 e. The van der Waals surface area contributed by atoms with E-state index < -0.39 is 18.1 Å². The molecule has 21 heavy (non-hydrogen) atoms. The molecular formula is C15H14NO4S-. The van der Waals surface area contributed by atoms with Crippen LogP contribution >= 0.6 is 11.3 Å². The molecule has 1 amide bonds. The van der Waals surface area contributed by atoms with E-state index in [1.807, 2.05) is 35.7 Å². The summed E-state index contributed by atoms with van der Waals surface area (Å²) in [5.41, 5.74) is 0.861. The number of carboxylic acids is 1. The number of carbonyl (C=O) groups excluding carboxylic acids is 2. The van der Waals surface area contributed by atoms with E-state index in [1.165, 1.54) is 11.3 Å². The summed E-state index contributed by atoms with van der Waals surface area (Å²) in [6.07, 6.45) is -0.945. The van der Waals surface area contributed by atoms with Crippen LogP contribution in [0.1, 0.15) is 22.9 Å². The number of alkyl carbamates (subject to hydrolysis) is 1. The molecule has 0 bridgehead atoms. The number of carbonyl (C=O) groups is 2. The van der Waals surface area contributed by atoms with Gasteiger partial charge in [-0.1, -0.05) is 36.4 Å². The molecule has 0 unspecified atom stereocenters. The van der Waals surface area contributed by atoms with Crippen LogP contribution in [0.4, 0.5) is 4.79 Å². The van der Waals surface area contributed by atoms with Gasteiger partial charge in [-0.05, 0) is 17.0 Å². The Hall–Kier alpha value is -2.34. The molecule has 0 spiro atoms. The molecule has 1 N–H and O–H groups in total. The Kier molecular flexibility index (Phi) is 5.34. The fraction of sp³-hybridized carbons (Fsp3) is 0.200. The van der Waals surface area contributed by atoms with E-state index in [4.69, 9.17) is 4.74 Å².